The van der Waals surface area contributed by atoms with Crippen LogP contribution in [-0.4, -0.2) is 35.0 Å². The number of rotatable bonds is 5. The molecule has 0 radical (unpaired) electrons. The van der Waals surface area contributed by atoms with Crippen LogP contribution in [0.3, 0.4) is 0 Å². The Balaban J connectivity index is 1.28. The zero-order valence-corrected chi connectivity index (χ0v) is 28.6. The van der Waals surface area contributed by atoms with E-state index in [0.29, 0.717) is 25.7 Å². The third-order valence-electron chi connectivity index (χ3n) is 14.9. The summed E-state index contributed by atoms with van der Waals surface area (Å²) in [7, 11) is 0. The van der Waals surface area contributed by atoms with Gasteiger partial charge in [-0.2, -0.15) is 0 Å². The highest BCUT2D eigenvalue weighted by Gasteiger charge is 2.70. The third-order valence-corrected chi connectivity index (χ3v) is 14.9. The van der Waals surface area contributed by atoms with Gasteiger partial charge in [-0.15, -0.1) is 0 Å². The van der Waals surface area contributed by atoms with Gasteiger partial charge in [-0.3, -0.25) is 14.4 Å². The van der Waals surface area contributed by atoms with E-state index in [-0.39, 0.29) is 62.7 Å². The van der Waals surface area contributed by atoms with E-state index >= 15 is 0 Å². The number of esters is 1. The second kappa shape index (κ2) is 10.5. The Morgan fingerprint density at radius 3 is 2.27 bits per heavy atom. The minimum atomic E-state index is -0.753. The lowest BCUT2D eigenvalue weighted by molar-refractivity contribution is -0.211. The maximum Gasteiger partial charge on any atom is 0.323 e. The Bertz CT molecular complexity index is 1420. The summed E-state index contributed by atoms with van der Waals surface area (Å²) < 4.78 is 6.23. The number of carbonyl (C=O) groups is 3. The number of ketones is 1. The lowest BCUT2D eigenvalue weighted by atomic mass is 9.33. The monoisotopic (exact) mass is 617 g/mol. The quantitative estimate of drug-likeness (QED) is 0.331. The summed E-state index contributed by atoms with van der Waals surface area (Å²) in [5.41, 5.74) is 6.99. The highest BCUT2D eigenvalue weighted by atomic mass is 16.5. The molecule has 4 saturated carbocycles. The molecule has 0 aliphatic heterocycles. The van der Waals surface area contributed by atoms with E-state index in [1.807, 2.05) is 43.3 Å². The number of hydrogen-bond acceptors (Lipinski definition) is 5. The number of ether oxygens (including phenoxy) is 1. The molecule has 5 aliphatic rings. The first-order valence-electron chi connectivity index (χ1n) is 17.4. The lowest BCUT2D eigenvalue weighted by Gasteiger charge is -2.70. The van der Waals surface area contributed by atoms with Crippen molar-refractivity contribution in [1.82, 2.24) is 0 Å². The van der Waals surface area contributed by atoms with Gasteiger partial charge >= 0.3 is 11.9 Å². The summed E-state index contributed by atoms with van der Waals surface area (Å²) in [6.07, 6.45) is 9.99. The minimum Gasteiger partial charge on any atom is -0.481 e. The fourth-order valence-corrected chi connectivity index (χ4v) is 11.7. The van der Waals surface area contributed by atoms with E-state index in [2.05, 4.69) is 41.5 Å². The number of allylic oxidation sites excluding steroid dienone is 2. The Morgan fingerprint density at radius 1 is 0.933 bits per heavy atom. The molecule has 6 heteroatoms. The highest BCUT2D eigenvalue weighted by molar-refractivity contribution is 5.95. The second-order valence-corrected chi connectivity index (χ2v) is 17.6. The maximum atomic E-state index is 14.6. The molecule has 4 fully saturated rings. The van der Waals surface area contributed by atoms with Crippen molar-refractivity contribution in [2.24, 2.45) is 56.0 Å². The van der Waals surface area contributed by atoms with Crippen LogP contribution in [0.5, 0.6) is 0 Å². The average Bonchev–Trinajstić information content (AvgIpc) is 2.97. The van der Waals surface area contributed by atoms with Gasteiger partial charge in [0, 0.05) is 11.3 Å². The summed E-state index contributed by atoms with van der Waals surface area (Å²) in [6, 6.07) is 9.11. The molecule has 0 bridgehead atoms. The van der Waals surface area contributed by atoms with Crippen LogP contribution in [-0.2, 0) is 25.5 Å². The van der Waals surface area contributed by atoms with Gasteiger partial charge in [-0.1, -0.05) is 77.4 Å². The normalized spacial score (nSPS) is 44.3. The van der Waals surface area contributed by atoms with Gasteiger partial charge in [-0.25, -0.2) is 0 Å². The summed E-state index contributed by atoms with van der Waals surface area (Å²) >= 11 is 0. The van der Waals surface area contributed by atoms with E-state index in [1.54, 1.807) is 0 Å². The van der Waals surface area contributed by atoms with Crippen molar-refractivity contribution in [2.75, 3.05) is 0 Å². The molecule has 5 aliphatic carbocycles. The standard InChI is InChI=1S/C39H55NO5/c1-34(2)29-13-16-39(7)31(37(29,5)15-14-30(34)45-32(42)27(40)21-24-11-9-8-10-12-24)28(41)22-25-26-23-36(4,33(43)44)18-17-35(26,3)19-20-38(25,39)6/h8-12,22,26-27,29-31H,13-21,23,40H2,1-7H3,(H,43,44)/t26-,27-,29?,30-,31?,35+,36-,37-,38+,39+/m0/s1. The molecule has 0 saturated heterocycles. The molecule has 45 heavy (non-hydrogen) atoms. The summed E-state index contributed by atoms with van der Waals surface area (Å²) in [6.45, 7) is 15.8. The zero-order chi connectivity index (χ0) is 32.8. The molecule has 6 nitrogen and oxygen atoms in total. The summed E-state index contributed by atoms with van der Waals surface area (Å²) in [4.78, 5) is 40.3. The fraction of sp³-hybridized carbons (Fsp3) is 0.718. The van der Waals surface area contributed by atoms with Gasteiger partial charge in [-0.05, 0) is 116 Å². The molecule has 0 heterocycles. The molecule has 3 N–H and O–H groups in total. The average molecular weight is 618 g/mol. The van der Waals surface area contributed by atoms with Gasteiger partial charge < -0.3 is 15.6 Å². The fourth-order valence-electron chi connectivity index (χ4n) is 11.7. The number of nitrogens with two attached hydrogens (primary N) is 1. The van der Waals surface area contributed by atoms with Crippen LogP contribution in [0, 0.1) is 50.2 Å². The first-order chi connectivity index (χ1) is 20.9. The predicted molar refractivity (Wildman–Crippen MR) is 175 cm³/mol. The minimum absolute atomic E-state index is 0.0379. The van der Waals surface area contributed by atoms with Gasteiger partial charge in [0.05, 0.1) is 5.41 Å². The van der Waals surface area contributed by atoms with Crippen molar-refractivity contribution in [3.05, 3.63) is 47.5 Å². The largest absolute Gasteiger partial charge is 0.481 e. The topological polar surface area (TPSA) is 107 Å². The van der Waals surface area contributed by atoms with E-state index in [0.717, 1.165) is 44.1 Å². The molecule has 0 spiro atoms. The first kappa shape index (κ1) is 32.5. The number of benzene rings is 1. The Morgan fingerprint density at radius 2 is 1.60 bits per heavy atom. The Hall–Kier alpha value is -2.47. The molecule has 2 unspecified atom stereocenters. The first-order valence-corrected chi connectivity index (χ1v) is 17.4. The number of carbonyl (C=O) groups excluding carboxylic acids is 2. The number of fused-ring (bicyclic) bond motifs is 7. The maximum absolute atomic E-state index is 14.6. The molecule has 10 atom stereocenters. The van der Waals surface area contributed by atoms with E-state index in [1.165, 1.54) is 5.57 Å². The van der Waals surface area contributed by atoms with Crippen LogP contribution >= 0.6 is 0 Å². The highest BCUT2D eigenvalue weighted by Crippen LogP contribution is 2.75. The molecule has 1 aromatic rings. The number of hydrogen-bond donors (Lipinski definition) is 2. The van der Waals surface area contributed by atoms with Crippen molar-refractivity contribution < 1.29 is 24.2 Å². The van der Waals surface area contributed by atoms with Gasteiger partial charge in [0.1, 0.15) is 12.1 Å². The van der Waals surface area contributed by atoms with Crippen LogP contribution in [0.15, 0.2) is 42.0 Å². The van der Waals surface area contributed by atoms with Crippen molar-refractivity contribution in [2.45, 2.75) is 125 Å². The van der Waals surface area contributed by atoms with Crippen LogP contribution in [0.1, 0.15) is 112 Å². The zero-order valence-electron chi connectivity index (χ0n) is 28.6. The molecule has 0 amide bonds. The van der Waals surface area contributed by atoms with Crippen molar-refractivity contribution in [3.63, 3.8) is 0 Å². The van der Waals surface area contributed by atoms with Crippen molar-refractivity contribution in [1.29, 1.82) is 0 Å². The second-order valence-electron chi connectivity index (χ2n) is 17.6. The predicted octanol–water partition coefficient (Wildman–Crippen LogP) is 7.53. The van der Waals surface area contributed by atoms with Crippen molar-refractivity contribution in [3.8, 4) is 0 Å². The van der Waals surface area contributed by atoms with Crippen LogP contribution < -0.4 is 5.73 Å². The van der Waals surface area contributed by atoms with Crippen molar-refractivity contribution >= 4 is 17.7 Å². The van der Waals surface area contributed by atoms with E-state index in [4.69, 9.17) is 10.5 Å². The lowest BCUT2D eigenvalue weighted by Crippen LogP contribution is -2.67. The summed E-state index contributed by atoms with van der Waals surface area (Å²) in [5.74, 6) is -0.599. The number of carboxylic acid groups (broad SMARTS) is 1. The van der Waals surface area contributed by atoms with Crippen LogP contribution in [0.2, 0.25) is 0 Å². The van der Waals surface area contributed by atoms with E-state index in [9.17, 15) is 19.5 Å². The SMILES string of the molecule is CC1(C)C2CC[C@]3(C)C(C(=O)C=C4[C@@H]5C[C@@](C)(C(=O)O)CC[C@]5(C)CC[C@]43C)[C@@]2(C)CC[C@@H]1OC(=O)[C@@H](N)Cc1ccccc1. The Kier molecular flexibility index (Phi) is 7.59. The Labute approximate surface area is 269 Å². The van der Waals surface area contributed by atoms with Gasteiger partial charge in [0.2, 0.25) is 0 Å². The molecule has 1 aromatic carbocycles. The molecule has 0 aromatic heterocycles. The molecule has 246 valence electrons. The smallest absolute Gasteiger partial charge is 0.323 e. The van der Waals surface area contributed by atoms with Crippen LogP contribution in [0.25, 0.3) is 0 Å². The molecular weight excluding hydrogens is 562 g/mol. The van der Waals surface area contributed by atoms with E-state index < -0.39 is 17.4 Å². The van der Waals surface area contributed by atoms with Gasteiger partial charge in [0.15, 0.2) is 5.78 Å². The molecule has 6 rings (SSSR count). The third kappa shape index (κ3) is 4.70. The summed E-state index contributed by atoms with van der Waals surface area (Å²) in [5, 5.41) is 10.2. The molecular formula is C39H55NO5. The number of aliphatic carboxylic acids is 1. The van der Waals surface area contributed by atoms with Crippen LogP contribution in [0.4, 0.5) is 0 Å². The number of carboxylic acids is 1. The van der Waals surface area contributed by atoms with Gasteiger partial charge in [0.25, 0.3) is 0 Å².